The largest absolute Gasteiger partial charge is 0.382 e. The van der Waals surface area contributed by atoms with Gasteiger partial charge in [-0.3, -0.25) is 0 Å². The van der Waals surface area contributed by atoms with Crippen molar-refractivity contribution >= 4 is 34.3 Å². The summed E-state index contributed by atoms with van der Waals surface area (Å²) in [7, 11) is 1.68. The average molecular weight is 390 g/mol. The van der Waals surface area contributed by atoms with E-state index >= 15 is 0 Å². The molecule has 1 aliphatic rings. The highest BCUT2D eigenvalue weighted by molar-refractivity contribution is 7.09. The Morgan fingerprint density at radius 3 is 2.78 bits per heavy atom. The molecule has 4 rings (SSSR count). The minimum absolute atomic E-state index is 0.254. The number of thiophene rings is 1. The van der Waals surface area contributed by atoms with Crippen molar-refractivity contribution in [2.45, 2.75) is 25.5 Å². The Morgan fingerprint density at radius 1 is 1.22 bits per heavy atom. The molecule has 0 atom stereocenters. The number of piperidine rings is 1. The first-order valence-corrected chi connectivity index (χ1v) is 9.83. The molecular weight excluding hydrogens is 368 g/mol. The summed E-state index contributed by atoms with van der Waals surface area (Å²) in [5.74, 6) is 1.48. The van der Waals surface area contributed by atoms with Gasteiger partial charge in [-0.05, 0) is 34.6 Å². The molecule has 0 aliphatic carbocycles. The summed E-state index contributed by atoms with van der Waals surface area (Å²) < 4.78 is 15.7. The molecule has 0 spiro atoms. The highest BCUT2D eigenvalue weighted by atomic mass is 32.1. The molecule has 9 nitrogen and oxygen atoms in total. The quantitative estimate of drug-likeness (QED) is 0.581. The molecule has 4 heterocycles. The van der Waals surface area contributed by atoms with Crippen LogP contribution < -0.4 is 10.2 Å². The Labute approximate surface area is 160 Å². The Morgan fingerprint density at radius 2 is 2.04 bits per heavy atom. The normalized spacial score (nSPS) is 15.5. The lowest BCUT2D eigenvalue weighted by Gasteiger charge is -2.33. The van der Waals surface area contributed by atoms with Crippen molar-refractivity contribution in [3.05, 3.63) is 22.4 Å². The van der Waals surface area contributed by atoms with Gasteiger partial charge in [0.15, 0.2) is 11.6 Å². The van der Waals surface area contributed by atoms with E-state index in [9.17, 15) is 0 Å². The highest BCUT2D eigenvalue weighted by Crippen LogP contribution is 2.28. The Bertz CT molecular complexity index is 848. The molecule has 3 aromatic rings. The second kappa shape index (κ2) is 8.59. The zero-order valence-electron chi connectivity index (χ0n) is 15.1. The van der Waals surface area contributed by atoms with Gasteiger partial charge < -0.3 is 19.7 Å². The van der Waals surface area contributed by atoms with Crippen LogP contribution >= 0.6 is 11.3 Å². The summed E-state index contributed by atoms with van der Waals surface area (Å²) in [5, 5.41) is 13.1. The van der Waals surface area contributed by atoms with Gasteiger partial charge in [0.05, 0.1) is 25.9 Å². The van der Waals surface area contributed by atoms with Gasteiger partial charge in [-0.2, -0.15) is 0 Å². The van der Waals surface area contributed by atoms with E-state index in [0.29, 0.717) is 36.9 Å². The molecule has 0 radical (unpaired) electrons. The van der Waals surface area contributed by atoms with Crippen molar-refractivity contribution < 1.29 is 14.1 Å². The molecule has 0 saturated carbocycles. The second-order valence-corrected chi connectivity index (χ2v) is 7.32. The predicted molar refractivity (Wildman–Crippen MR) is 102 cm³/mol. The van der Waals surface area contributed by atoms with Crippen molar-refractivity contribution in [1.29, 1.82) is 0 Å². The number of hydrogen-bond acceptors (Lipinski definition) is 10. The number of nitrogens with zero attached hydrogens (tertiary/aromatic N) is 5. The predicted octanol–water partition coefficient (Wildman–Crippen LogP) is 2.32. The highest BCUT2D eigenvalue weighted by Gasteiger charge is 2.24. The van der Waals surface area contributed by atoms with Crippen LogP contribution in [0.1, 0.15) is 17.7 Å². The smallest absolute Gasteiger partial charge is 0.245 e. The van der Waals surface area contributed by atoms with Gasteiger partial charge in [-0.25, -0.2) is 14.6 Å². The molecule has 0 aromatic carbocycles. The number of nitrogens with one attached hydrogen (secondary N) is 1. The lowest BCUT2D eigenvalue weighted by Crippen LogP contribution is -2.38. The minimum Gasteiger partial charge on any atom is -0.382 e. The van der Waals surface area contributed by atoms with Gasteiger partial charge in [0.1, 0.15) is 0 Å². The molecule has 0 amide bonds. The van der Waals surface area contributed by atoms with Crippen LogP contribution in [0.15, 0.2) is 22.1 Å². The summed E-state index contributed by atoms with van der Waals surface area (Å²) in [4.78, 5) is 12.6. The van der Waals surface area contributed by atoms with Crippen molar-refractivity contribution in [3.8, 4) is 0 Å². The number of fused-ring (bicyclic) bond motifs is 1. The lowest BCUT2D eigenvalue weighted by molar-refractivity contribution is 0.00605. The van der Waals surface area contributed by atoms with Crippen LogP contribution in [-0.4, -0.2) is 59.8 Å². The van der Waals surface area contributed by atoms with E-state index < -0.39 is 0 Å². The zero-order valence-corrected chi connectivity index (χ0v) is 15.9. The van der Waals surface area contributed by atoms with Crippen LogP contribution in [0.2, 0.25) is 0 Å². The van der Waals surface area contributed by atoms with E-state index in [2.05, 4.69) is 41.9 Å². The van der Waals surface area contributed by atoms with Gasteiger partial charge in [0, 0.05) is 25.1 Å². The van der Waals surface area contributed by atoms with Crippen LogP contribution in [0.3, 0.4) is 0 Å². The standard InChI is InChI=1S/C17H22N6O3S/c1-24-8-9-25-12-4-6-23(7-5-12)17-16(18-11-13-3-2-10-27-13)19-14-15(20-17)22-26-21-14/h2-3,10,12H,4-9,11H2,1H3,(H,18,19,21). The number of anilines is 2. The first-order chi connectivity index (χ1) is 13.3. The number of methoxy groups -OCH3 is 1. The minimum atomic E-state index is 0.254. The zero-order chi connectivity index (χ0) is 18.5. The molecule has 144 valence electrons. The average Bonchev–Trinajstić information content (AvgIpc) is 3.38. The topological polar surface area (TPSA) is 98.4 Å². The molecule has 1 aliphatic heterocycles. The summed E-state index contributed by atoms with van der Waals surface area (Å²) in [6.07, 6.45) is 2.12. The van der Waals surface area contributed by atoms with Crippen LogP contribution in [-0.2, 0) is 16.0 Å². The van der Waals surface area contributed by atoms with Crippen LogP contribution in [0, 0.1) is 0 Å². The summed E-state index contributed by atoms with van der Waals surface area (Å²) in [5.41, 5.74) is 0.829. The Hall–Kier alpha value is -2.30. The van der Waals surface area contributed by atoms with Crippen molar-refractivity contribution in [1.82, 2.24) is 20.3 Å². The van der Waals surface area contributed by atoms with Gasteiger partial charge in [0.25, 0.3) is 0 Å². The van der Waals surface area contributed by atoms with E-state index in [4.69, 9.17) is 14.1 Å². The van der Waals surface area contributed by atoms with Gasteiger partial charge in [-0.15, -0.1) is 11.3 Å². The van der Waals surface area contributed by atoms with Gasteiger partial charge in [-0.1, -0.05) is 6.07 Å². The number of hydrogen-bond donors (Lipinski definition) is 1. The van der Waals surface area contributed by atoms with Gasteiger partial charge >= 0.3 is 0 Å². The molecule has 3 aromatic heterocycles. The third-order valence-corrected chi connectivity index (χ3v) is 5.36. The van der Waals surface area contributed by atoms with E-state index in [0.717, 1.165) is 31.7 Å². The summed E-state index contributed by atoms with van der Waals surface area (Å²) >= 11 is 1.70. The number of aromatic nitrogens is 4. The fourth-order valence-corrected chi connectivity index (χ4v) is 3.73. The van der Waals surface area contributed by atoms with Gasteiger partial charge in [0.2, 0.25) is 11.3 Å². The first-order valence-electron chi connectivity index (χ1n) is 8.95. The SMILES string of the molecule is COCCOC1CCN(c2nc3nonc3nc2NCc2cccs2)CC1. The van der Waals surface area contributed by atoms with Crippen molar-refractivity contribution in [2.24, 2.45) is 0 Å². The molecule has 1 saturated heterocycles. The van der Waals surface area contributed by atoms with Crippen molar-refractivity contribution in [3.63, 3.8) is 0 Å². The number of ether oxygens (including phenoxy) is 2. The second-order valence-electron chi connectivity index (χ2n) is 6.29. The summed E-state index contributed by atoms with van der Waals surface area (Å²) in [6, 6.07) is 4.12. The van der Waals surface area contributed by atoms with Crippen LogP contribution in [0.25, 0.3) is 11.3 Å². The molecule has 0 bridgehead atoms. The molecule has 27 heavy (non-hydrogen) atoms. The maximum absolute atomic E-state index is 5.85. The first kappa shape index (κ1) is 18.1. The molecule has 1 N–H and O–H groups in total. The van der Waals surface area contributed by atoms with Crippen LogP contribution in [0.4, 0.5) is 11.6 Å². The molecule has 1 fully saturated rings. The van der Waals surface area contributed by atoms with Crippen molar-refractivity contribution in [2.75, 3.05) is 43.6 Å². The third-order valence-electron chi connectivity index (χ3n) is 4.49. The summed E-state index contributed by atoms with van der Waals surface area (Å²) in [6.45, 7) is 3.63. The fourth-order valence-electron chi connectivity index (χ4n) is 3.08. The Kier molecular flexibility index (Phi) is 5.75. The third kappa shape index (κ3) is 4.34. The monoisotopic (exact) mass is 390 g/mol. The Balaban J connectivity index is 1.47. The molecule has 10 heteroatoms. The maximum atomic E-state index is 5.85. The van der Waals surface area contributed by atoms with E-state index in [1.165, 1.54) is 4.88 Å². The van der Waals surface area contributed by atoms with Crippen LogP contribution in [0.5, 0.6) is 0 Å². The molecule has 0 unspecified atom stereocenters. The maximum Gasteiger partial charge on any atom is 0.245 e. The molecular formula is C17H22N6O3S. The van der Waals surface area contributed by atoms with E-state index in [-0.39, 0.29) is 6.10 Å². The fraction of sp³-hybridized carbons (Fsp3) is 0.529. The van der Waals surface area contributed by atoms with E-state index in [1.807, 2.05) is 6.07 Å². The van der Waals surface area contributed by atoms with E-state index in [1.54, 1.807) is 18.4 Å². The lowest BCUT2D eigenvalue weighted by atomic mass is 10.1. The number of rotatable bonds is 8.